The third kappa shape index (κ3) is 9.95. The van der Waals surface area contributed by atoms with Crippen LogP contribution in [0.1, 0.15) is 158 Å². The summed E-state index contributed by atoms with van der Waals surface area (Å²) >= 11 is 0. The summed E-state index contributed by atoms with van der Waals surface area (Å²) in [6.07, 6.45) is 3.69. The van der Waals surface area contributed by atoms with Crippen molar-refractivity contribution in [3.8, 4) is 11.5 Å². The summed E-state index contributed by atoms with van der Waals surface area (Å²) in [7, 11) is 3.42. The highest BCUT2D eigenvalue weighted by Gasteiger charge is 2.17. The molecule has 2 N–H and O–H groups in total. The summed E-state index contributed by atoms with van der Waals surface area (Å²) < 4.78 is 10.8. The van der Waals surface area contributed by atoms with Crippen LogP contribution in [0.25, 0.3) is 0 Å². The smallest absolute Gasteiger partial charge is 0.119 e. The van der Waals surface area contributed by atoms with Crippen LogP contribution in [0.5, 0.6) is 11.5 Å². The number of ether oxygens (including phenoxy) is 2. The topological polar surface area (TPSA) is 69.2 Å². The first-order valence-electron chi connectivity index (χ1n) is 16.9. The Kier molecular flexibility index (Phi) is 14.6. The van der Waals surface area contributed by atoms with E-state index in [2.05, 4.69) is 114 Å². The van der Waals surface area contributed by atoms with Gasteiger partial charge in [0, 0.05) is 18.1 Å². The summed E-state index contributed by atoms with van der Waals surface area (Å²) in [6.45, 7) is 28.5. The minimum atomic E-state index is 0.355. The highest BCUT2D eigenvalue weighted by Crippen LogP contribution is 2.39. The molecule has 0 amide bonds. The minimum Gasteiger partial charge on any atom is -0.497 e. The number of rotatable bonds is 11. The van der Waals surface area contributed by atoms with Gasteiger partial charge in [0.25, 0.3) is 0 Å². The van der Waals surface area contributed by atoms with Gasteiger partial charge in [-0.2, -0.15) is 0 Å². The van der Waals surface area contributed by atoms with Crippen LogP contribution in [0.2, 0.25) is 0 Å². The average Bonchev–Trinajstić information content (AvgIpc) is 2.98. The Labute approximate surface area is 280 Å². The third-order valence-corrected chi connectivity index (χ3v) is 8.35. The van der Waals surface area contributed by atoms with Gasteiger partial charge in [0.15, 0.2) is 0 Å². The summed E-state index contributed by atoms with van der Waals surface area (Å²) in [5, 5.41) is 0. The number of nitrogens with two attached hydrogens (primary N) is 1. The number of methoxy groups -OCH3 is 2. The summed E-state index contributed by atoms with van der Waals surface area (Å²) in [5.41, 5.74) is 17.8. The molecule has 0 fully saturated rings. The molecular formula is C41H61N3O2. The number of anilines is 1. The van der Waals surface area contributed by atoms with Crippen molar-refractivity contribution in [2.24, 2.45) is 9.98 Å². The second kappa shape index (κ2) is 17.4. The summed E-state index contributed by atoms with van der Waals surface area (Å²) in [4.78, 5) is 9.76. The molecule has 46 heavy (non-hydrogen) atoms. The van der Waals surface area contributed by atoms with Crippen molar-refractivity contribution < 1.29 is 9.47 Å². The molecule has 0 saturated heterocycles. The predicted octanol–water partition coefficient (Wildman–Crippen LogP) is 12.1. The molecule has 3 aromatic carbocycles. The van der Waals surface area contributed by atoms with E-state index in [1.54, 1.807) is 14.2 Å². The van der Waals surface area contributed by atoms with Crippen LogP contribution in [0.15, 0.2) is 46.4 Å². The number of nitrogens with zero attached hydrogens (tertiary/aromatic N) is 2. The molecule has 0 aliphatic rings. The zero-order valence-electron chi connectivity index (χ0n) is 31.4. The summed E-state index contributed by atoms with van der Waals surface area (Å²) in [6, 6.07) is 12.8. The van der Waals surface area contributed by atoms with Crippen LogP contribution in [-0.2, 0) is 0 Å². The second-order valence-corrected chi connectivity index (χ2v) is 14.2. The van der Waals surface area contributed by atoms with Crippen molar-refractivity contribution in [1.82, 2.24) is 0 Å². The van der Waals surface area contributed by atoms with Crippen LogP contribution in [-0.4, -0.2) is 26.6 Å². The van der Waals surface area contributed by atoms with Gasteiger partial charge in [0.05, 0.1) is 25.6 Å². The lowest BCUT2D eigenvalue weighted by atomic mass is 9.91. The lowest BCUT2D eigenvalue weighted by Gasteiger charge is -2.18. The van der Waals surface area contributed by atoms with E-state index >= 15 is 0 Å². The summed E-state index contributed by atoms with van der Waals surface area (Å²) in [5.74, 6) is 4.20. The van der Waals surface area contributed by atoms with Gasteiger partial charge >= 0.3 is 0 Å². The largest absolute Gasteiger partial charge is 0.497 e. The zero-order chi connectivity index (χ0) is 34.9. The Morgan fingerprint density at radius 1 is 0.478 bits per heavy atom. The van der Waals surface area contributed by atoms with Crippen molar-refractivity contribution in [3.05, 3.63) is 75.3 Å². The first kappa shape index (κ1) is 38.6. The Bertz CT molecular complexity index is 1410. The molecule has 5 nitrogen and oxygen atoms in total. The zero-order valence-corrected chi connectivity index (χ0v) is 31.4. The highest BCUT2D eigenvalue weighted by atomic mass is 16.5. The fourth-order valence-corrected chi connectivity index (χ4v) is 5.62. The number of hydrogen-bond donors (Lipinski definition) is 1. The van der Waals surface area contributed by atoms with E-state index in [1.807, 2.05) is 24.6 Å². The molecular weight excluding hydrogens is 566 g/mol. The van der Waals surface area contributed by atoms with E-state index in [0.29, 0.717) is 35.5 Å². The molecule has 0 spiro atoms. The quantitative estimate of drug-likeness (QED) is 0.170. The van der Waals surface area contributed by atoms with Crippen molar-refractivity contribution in [3.63, 3.8) is 0 Å². The Morgan fingerprint density at radius 2 is 0.739 bits per heavy atom. The first-order valence-corrected chi connectivity index (χ1v) is 16.9. The van der Waals surface area contributed by atoms with E-state index in [1.165, 1.54) is 38.9 Å². The normalized spacial score (nSPS) is 12.0. The van der Waals surface area contributed by atoms with E-state index in [0.717, 1.165) is 28.6 Å². The Morgan fingerprint density at radius 3 is 1.00 bits per heavy atom. The molecule has 0 saturated carbocycles. The standard InChI is InChI=1S/C28H40N2O.C13H21NO/c1-17(2)23-13-21(9)14-24(18(3)4)27(23)29-11-12-30-28-25(19(5)6)15-22(31-10)16-26(28)20(7)8;1-8(2)11-6-10(15-5)7-12(9(3)4)13(11)14/h11-20H,1-10H3;6-9H,14H2,1-5H3. The number of aryl methyl sites for hydroxylation is 1. The minimum absolute atomic E-state index is 0.355. The number of benzene rings is 3. The van der Waals surface area contributed by atoms with Gasteiger partial charge in [-0.05, 0) is 100 Å². The van der Waals surface area contributed by atoms with Gasteiger partial charge in [-0.25, -0.2) is 0 Å². The van der Waals surface area contributed by atoms with Crippen molar-refractivity contribution >= 4 is 29.5 Å². The highest BCUT2D eigenvalue weighted by molar-refractivity contribution is 6.17. The predicted molar refractivity (Wildman–Crippen MR) is 202 cm³/mol. The molecule has 0 heterocycles. The molecule has 0 aliphatic heterocycles. The molecule has 0 bridgehead atoms. The van der Waals surface area contributed by atoms with Gasteiger partial charge in [-0.15, -0.1) is 0 Å². The van der Waals surface area contributed by atoms with Crippen LogP contribution in [0.3, 0.4) is 0 Å². The lowest BCUT2D eigenvalue weighted by Crippen LogP contribution is -2.04. The maximum atomic E-state index is 6.15. The van der Waals surface area contributed by atoms with Gasteiger partial charge in [0.1, 0.15) is 11.5 Å². The van der Waals surface area contributed by atoms with Crippen LogP contribution < -0.4 is 15.2 Å². The number of aliphatic imine (C=N–C) groups is 2. The van der Waals surface area contributed by atoms with Crippen molar-refractivity contribution in [1.29, 1.82) is 0 Å². The van der Waals surface area contributed by atoms with Crippen LogP contribution in [0, 0.1) is 6.92 Å². The van der Waals surface area contributed by atoms with E-state index in [-0.39, 0.29) is 0 Å². The van der Waals surface area contributed by atoms with E-state index < -0.39 is 0 Å². The molecule has 3 rings (SSSR count). The molecule has 0 unspecified atom stereocenters. The van der Waals surface area contributed by atoms with Gasteiger partial charge in [-0.3, -0.25) is 9.98 Å². The average molecular weight is 628 g/mol. The van der Waals surface area contributed by atoms with E-state index in [4.69, 9.17) is 25.2 Å². The van der Waals surface area contributed by atoms with Crippen molar-refractivity contribution in [2.75, 3.05) is 20.0 Å². The molecule has 0 aliphatic carbocycles. The number of nitrogen functional groups attached to an aromatic ring is 1. The molecule has 5 heteroatoms. The fourth-order valence-electron chi connectivity index (χ4n) is 5.62. The van der Waals surface area contributed by atoms with Crippen LogP contribution >= 0.6 is 0 Å². The Hall–Kier alpha value is -3.60. The van der Waals surface area contributed by atoms with Crippen molar-refractivity contribution in [2.45, 2.75) is 126 Å². The first-order chi connectivity index (χ1) is 21.5. The van der Waals surface area contributed by atoms with Gasteiger partial charge in [0.2, 0.25) is 0 Å². The molecule has 0 radical (unpaired) electrons. The Balaban J connectivity index is 0.000000410. The SMILES string of the molecule is COc1cc(C(C)C)c(N)c(C(C)C)c1.COc1cc(C(C)C)c(N=CC=Nc2c(C(C)C)cc(C)cc2C(C)C)c(C(C)C)c1. The molecule has 0 aromatic heterocycles. The molecule has 252 valence electrons. The second-order valence-electron chi connectivity index (χ2n) is 14.2. The number of hydrogen-bond acceptors (Lipinski definition) is 5. The third-order valence-electron chi connectivity index (χ3n) is 8.35. The lowest BCUT2D eigenvalue weighted by molar-refractivity contribution is 0.413. The maximum absolute atomic E-state index is 6.15. The van der Waals surface area contributed by atoms with Gasteiger partial charge in [-0.1, -0.05) is 101 Å². The maximum Gasteiger partial charge on any atom is 0.119 e. The van der Waals surface area contributed by atoms with Crippen LogP contribution in [0.4, 0.5) is 17.1 Å². The molecule has 0 atom stereocenters. The van der Waals surface area contributed by atoms with Gasteiger partial charge < -0.3 is 15.2 Å². The van der Waals surface area contributed by atoms with E-state index in [9.17, 15) is 0 Å². The molecule has 3 aromatic rings. The monoisotopic (exact) mass is 627 g/mol. The fraction of sp³-hybridized carbons (Fsp3) is 0.512.